The summed E-state index contributed by atoms with van der Waals surface area (Å²) < 4.78 is 1.71. The molecule has 0 aliphatic carbocycles. The van der Waals surface area contributed by atoms with E-state index < -0.39 is 0 Å². The van der Waals surface area contributed by atoms with Gasteiger partial charge in [-0.05, 0) is 52.0 Å². The van der Waals surface area contributed by atoms with Gasteiger partial charge in [0.05, 0.1) is 17.2 Å². The van der Waals surface area contributed by atoms with Gasteiger partial charge in [-0.1, -0.05) is 0 Å². The zero-order chi connectivity index (χ0) is 19.7. The topological polar surface area (TPSA) is 61.7 Å². The number of aromatic nitrogens is 2. The summed E-state index contributed by atoms with van der Waals surface area (Å²) in [7, 11) is 1.85. The molecule has 3 fully saturated rings. The first kappa shape index (κ1) is 19.4. The van der Waals surface area contributed by atoms with E-state index in [1.54, 1.807) is 4.68 Å². The predicted octanol–water partition coefficient (Wildman–Crippen LogP) is 1.67. The lowest BCUT2D eigenvalue weighted by Gasteiger charge is -2.42. The molecule has 7 heteroatoms. The Morgan fingerprint density at radius 3 is 2.32 bits per heavy atom. The summed E-state index contributed by atoms with van der Waals surface area (Å²) in [5, 5.41) is 4.30. The van der Waals surface area contributed by atoms with Crippen molar-refractivity contribution in [3.63, 3.8) is 0 Å². The fourth-order valence-corrected chi connectivity index (χ4v) is 5.15. The van der Waals surface area contributed by atoms with Crippen molar-refractivity contribution in [2.24, 2.45) is 13.0 Å². The Kier molecular flexibility index (Phi) is 5.71. The van der Waals surface area contributed by atoms with Crippen LogP contribution in [-0.4, -0.2) is 81.6 Å². The van der Waals surface area contributed by atoms with Crippen LogP contribution in [0, 0.1) is 12.8 Å². The lowest BCUT2D eigenvalue weighted by molar-refractivity contribution is -0.136. The van der Waals surface area contributed by atoms with Crippen molar-refractivity contribution < 1.29 is 9.59 Å². The first-order valence-electron chi connectivity index (χ1n) is 10.9. The fraction of sp³-hybridized carbons (Fsp3) is 0.762. The first-order chi connectivity index (χ1) is 13.5. The van der Waals surface area contributed by atoms with Gasteiger partial charge < -0.3 is 9.80 Å². The van der Waals surface area contributed by atoms with Gasteiger partial charge in [0.1, 0.15) is 0 Å². The third-order valence-electron chi connectivity index (χ3n) is 6.73. The summed E-state index contributed by atoms with van der Waals surface area (Å²) in [5.41, 5.74) is 1.52. The Morgan fingerprint density at radius 1 is 0.964 bits per heavy atom. The molecule has 0 N–H and O–H groups in total. The predicted molar refractivity (Wildman–Crippen MR) is 107 cm³/mol. The van der Waals surface area contributed by atoms with Crippen LogP contribution in [0.4, 0.5) is 0 Å². The van der Waals surface area contributed by atoms with Crippen LogP contribution in [0.1, 0.15) is 54.6 Å². The molecule has 3 saturated heterocycles. The van der Waals surface area contributed by atoms with Crippen LogP contribution in [0.15, 0.2) is 6.20 Å². The number of hydrogen-bond acceptors (Lipinski definition) is 4. The molecule has 4 heterocycles. The fourth-order valence-electron chi connectivity index (χ4n) is 5.15. The molecule has 0 unspecified atom stereocenters. The average Bonchev–Trinajstić information content (AvgIpc) is 3.37. The van der Waals surface area contributed by atoms with Gasteiger partial charge in [-0.15, -0.1) is 0 Å². The highest BCUT2D eigenvalue weighted by atomic mass is 16.2. The highest BCUT2D eigenvalue weighted by Crippen LogP contribution is 2.26. The number of carbonyl (C=O) groups excluding carboxylic acids is 2. The van der Waals surface area contributed by atoms with Gasteiger partial charge >= 0.3 is 0 Å². The highest BCUT2D eigenvalue weighted by Gasteiger charge is 2.35. The summed E-state index contributed by atoms with van der Waals surface area (Å²) in [6.07, 6.45) is 8.27. The van der Waals surface area contributed by atoms with Gasteiger partial charge in [-0.3, -0.25) is 19.2 Å². The number of rotatable bonds is 3. The minimum atomic E-state index is 0.102. The lowest BCUT2D eigenvalue weighted by Crippen LogP contribution is -2.51. The SMILES string of the molecule is Cc1nn(C)cc1C(=O)N1CCC(N2CCC[C@@H](C(=O)N3CCCC3)C2)CC1. The molecule has 0 bridgehead atoms. The van der Waals surface area contributed by atoms with Gasteiger partial charge in [0, 0.05) is 52.0 Å². The molecule has 3 aliphatic heterocycles. The molecule has 3 aliphatic rings. The van der Waals surface area contributed by atoms with Crippen molar-refractivity contribution >= 4 is 11.8 Å². The number of likely N-dealkylation sites (tertiary alicyclic amines) is 3. The smallest absolute Gasteiger partial charge is 0.257 e. The molecule has 28 heavy (non-hydrogen) atoms. The second-order valence-electron chi connectivity index (χ2n) is 8.69. The van der Waals surface area contributed by atoms with Gasteiger partial charge in [0.15, 0.2) is 0 Å². The Hall–Kier alpha value is -1.89. The van der Waals surface area contributed by atoms with Crippen molar-refractivity contribution in [2.45, 2.75) is 51.5 Å². The van der Waals surface area contributed by atoms with Crippen LogP contribution < -0.4 is 0 Å². The van der Waals surface area contributed by atoms with E-state index in [1.165, 1.54) is 0 Å². The number of piperidine rings is 2. The van der Waals surface area contributed by atoms with Crippen molar-refractivity contribution in [1.29, 1.82) is 0 Å². The highest BCUT2D eigenvalue weighted by molar-refractivity contribution is 5.95. The zero-order valence-corrected chi connectivity index (χ0v) is 17.3. The summed E-state index contributed by atoms with van der Waals surface area (Å²) in [4.78, 5) is 32.2. The van der Waals surface area contributed by atoms with E-state index in [0.29, 0.717) is 11.9 Å². The molecule has 0 radical (unpaired) electrons. The van der Waals surface area contributed by atoms with Crippen LogP contribution in [0.5, 0.6) is 0 Å². The molecule has 1 aromatic heterocycles. The number of nitrogens with zero attached hydrogens (tertiary/aromatic N) is 5. The lowest BCUT2D eigenvalue weighted by atomic mass is 9.92. The molecule has 154 valence electrons. The second-order valence-corrected chi connectivity index (χ2v) is 8.69. The van der Waals surface area contributed by atoms with Crippen molar-refractivity contribution in [2.75, 3.05) is 39.3 Å². The molecule has 0 saturated carbocycles. The van der Waals surface area contributed by atoms with E-state index in [-0.39, 0.29) is 11.8 Å². The zero-order valence-electron chi connectivity index (χ0n) is 17.3. The molecule has 1 atom stereocenters. The van der Waals surface area contributed by atoms with Crippen molar-refractivity contribution in [3.05, 3.63) is 17.5 Å². The van der Waals surface area contributed by atoms with Gasteiger partial charge in [0.2, 0.25) is 5.91 Å². The van der Waals surface area contributed by atoms with E-state index in [1.807, 2.05) is 25.1 Å². The number of amides is 2. The minimum absolute atomic E-state index is 0.102. The van der Waals surface area contributed by atoms with E-state index in [2.05, 4.69) is 14.9 Å². The van der Waals surface area contributed by atoms with Crippen LogP contribution >= 0.6 is 0 Å². The van der Waals surface area contributed by atoms with E-state index in [4.69, 9.17) is 0 Å². The molecular formula is C21H33N5O2. The minimum Gasteiger partial charge on any atom is -0.342 e. The summed E-state index contributed by atoms with van der Waals surface area (Å²) in [6.45, 7) is 7.36. The Balaban J connectivity index is 1.31. The molecule has 7 nitrogen and oxygen atoms in total. The second kappa shape index (κ2) is 8.23. The largest absolute Gasteiger partial charge is 0.342 e. The molecule has 4 rings (SSSR count). The third-order valence-corrected chi connectivity index (χ3v) is 6.73. The van der Waals surface area contributed by atoms with Crippen molar-refractivity contribution in [1.82, 2.24) is 24.5 Å². The molecular weight excluding hydrogens is 354 g/mol. The normalized spacial score (nSPS) is 24.7. The van der Waals surface area contributed by atoms with Crippen LogP contribution in [0.2, 0.25) is 0 Å². The molecule has 0 aromatic carbocycles. The maximum atomic E-state index is 12.8. The quantitative estimate of drug-likeness (QED) is 0.792. The molecule has 2 amide bonds. The van der Waals surface area contributed by atoms with Gasteiger partial charge in [0.25, 0.3) is 5.91 Å². The van der Waals surface area contributed by atoms with Crippen LogP contribution in [0.3, 0.4) is 0 Å². The van der Waals surface area contributed by atoms with Gasteiger partial charge in [-0.2, -0.15) is 5.10 Å². The first-order valence-corrected chi connectivity index (χ1v) is 10.9. The van der Waals surface area contributed by atoms with Crippen molar-refractivity contribution in [3.8, 4) is 0 Å². The van der Waals surface area contributed by atoms with Crippen LogP contribution in [-0.2, 0) is 11.8 Å². The maximum Gasteiger partial charge on any atom is 0.257 e. The summed E-state index contributed by atoms with van der Waals surface area (Å²) in [5.74, 6) is 0.649. The average molecular weight is 388 g/mol. The van der Waals surface area contributed by atoms with Crippen LogP contribution in [0.25, 0.3) is 0 Å². The monoisotopic (exact) mass is 387 g/mol. The van der Waals surface area contributed by atoms with Gasteiger partial charge in [-0.25, -0.2) is 0 Å². The Bertz CT molecular complexity index is 716. The Labute approximate surface area is 167 Å². The summed E-state index contributed by atoms with van der Waals surface area (Å²) in [6, 6.07) is 0.494. The number of aryl methyl sites for hydroxylation is 2. The number of carbonyl (C=O) groups is 2. The van der Waals surface area contributed by atoms with E-state index in [0.717, 1.165) is 89.1 Å². The Morgan fingerprint density at radius 2 is 1.68 bits per heavy atom. The summed E-state index contributed by atoms with van der Waals surface area (Å²) >= 11 is 0. The standard InChI is InChI=1S/C21H33N5O2/c1-16-19(15-23(2)22-16)21(28)25-12-7-18(8-13-25)26-11-5-6-17(14-26)20(27)24-9-3-4-10-24/h15,17-18H,3-14H2,1-2H3/t17-/m1/s1. The third kappa shape index (κ3) is 3.95. The molecule has 1 aromatic rings. The van der Waals surface area contributed by atoms with E-state index in [9.17, 15) is 9.59 Å². The molecule has 0 spiro atoms. The number of hydrogen-bond donors (Lipinski definition) is 0. The van der Waals surface area contributed by atoms with E-state index >= 15 is 0 Å². The maximum absolute atomic E-state index is 12.8.